The van der Waals surface area contributed by atoms with Crippen LogP contribution in [-0.2, 0) is 0 Å². The van der Waals surface area contributed by atoms with Crippen LogP contribution in [0.25, 0.3) is 5.08 Å². The van der Waals surface area contributed by atoms with Gasteiger partial charge in [-0.1, -0.05) is 0 Å². The van der Waals surface area contributed by atoms with Crippen molar-refractivity contribution in [1.29, 1.82) is 5.39 Å². The number of hydrogen-bond acceptors (Lipinski definition) is 3. The van der Waals surface area contributed by atoms with Crippen LogP contribution >= 0.6 is 0 Å². The zero-order valence-corrected chi connectivity index (χ0v) is 6.11. The van der Waals surface area contributed by atoms with Crippen molar-refractivity contribution in [3.05, 3.63) is 29.4 Å². The highest BCUT2D eigenvalue weighted by Crippen LogP contribution is 2.14. The molecule has 0 aromatic heterocycles. The fourth-order valence-corrected chi connectivity index (χ4v) is 0.723. The van der Waals surface area contributed by atoms with Gasteiger partial charge in [0.2, 0.25) is 0 Å². The van der Waals surface area contributed by atoms with E-state index >= 15 is 0 Å². The third-order valence-corrected chi connectivity index (χ3v) is 1.27. The van der Waals surface area contributed by atoms with Gasteiger partial charge in [-0.25, -0.2) is 0 Å². The summed E-state index contributed by atoms with van der Waals surface area (Å²) in [5.74, 6) is 0.772. The lowest BCUT2D eigenvalue weighted by Gasteiger charge is -1.96. The topological polar surface area (TPSA) is 49.4 Å². The number of rotatable bonds is 2. The van der Waals surface area contributed by atoms with Crippen molar-refractivity contribution in [2.24, 2.45) is 0 Å². The fraction of sp³-hybridized carbons (Fsp3) is 0.143. The van der Waals surface area contributed by atoms with Gasteiger partial charge in [-0.15, -0.1) is 0 Å². The second-order valence-corrected chi connectivity index (χ2v) is 1.94. The molecule has 1 aromatic rings. The zero-order chi connectivity index (χ0) is 8.10. The molecule has 1 rings (SSSR count). The van der Waals surface area contributed by atoms with Crippen molar-refractivity contribution < 1.29 is 4.74 Å². The maximum atomic E-state index is 8.13. The van der Waals surface area contributed by atoms with Crippen molar-refractivity contribution >= 4 is 5.69 Å². The lowest BCUT2D eigenvalue weighted by molar-refractivity contribution is 0.415. The first kappa shape index (κ1) is 7.35. The molecular formula is C7H8N3O+. The number of hydrogen-bond donors (Lipinski definition) is 1. The average molecular weight is 150 g/mol. The van der Waals surface area contributed by atoms with Crippen LogP contribution in [0.2, 0.25) is 0 Å². The van der Waals surface area contributed by atoms with E-state index in [9.17, 15) is 0 Å². The van der Waals surface area contributed by atoms with Crippen LogP contribution in [0.3, 0.4) is 0 Å². The van der Waals surface area contributed by atoms with E-state index in [0.29, 0.717) is 5.69 Å². The summed E-state index contributed by atoms with van der Waals surface area (Å²) in [5, 5.41) is 10.9. The molecule has 1 aromatic carbocycles. The third kappa shape index (κ3) is 1.83. The predicted molar refractivity (Wildman–Crippen MR) is 41.7 cm³/mol. The Bertz CT molecular complexity index is 262. The standard InChI is InChI=1S/C7H8N3O/c1-11-7-4-2-6(3-5-7)9-10-8/h2-5,9H,1H3/q+1. The van der Waals surface area contributed by atoms with E-state index in [1.165, 1.54) is 0 Å². The minimum Gasteiger partial charge on any atom is -0.497 e. The maximum absolute atomic E-state index is 8.13. The van der Waals surface area contributed by atoms with Gasteiger partial charge in [0.15, 0.2) is 0 Å². The number of nitrogens with zero attached hydrogens (tertiary/aromatic N) is 2. The molecule has 0 fully saturated rings. The lowest BCUT2D eigenvalue weighted by Crippen LogP contribution is -1.85. The van der Waals surface area contributed by atoms with Gasteiger partial charge < -0.3 is 4.74 Å². The van der Waals surface area contributed by atoms with Crippen LogP contribution in [0, 0.1) is 5.39 Å². The van der Waals surface area contributed by atoms with E-state index < -0.39 is 0 Å². The van der Waals surface area contributed by atoms with Crippen LogP contribution < -0.4 is 10.2 Å². The van der Waals surface area contributed by atoms with Crippen molar-refractivity contribution in [1.82, 2.24) is 0 Å². The molecule has 0 bridgehead atoms. The second kappa shape index (κ2) is 3.42. The first-order chi connectivity index (χ1) is 5.36. The smallest absolute Gasteiger partial charge is 0.308 e. The van der Waals surface area contributed by atoms with Crippen LogP contribution in [0.15, 0.2) is 24.3 Å². The number of diazo groups is 1. The molecule has 0 unspecified atom stereocenters. The molecule has 0 amide bonds. The summed E-state index contributed by atoms with van der Waals surface area (Å²) in [6.45, 7) is 0. The lowest BCUT2D eigenvalue weighted by atomic mass is 10.3. The summed E-state index contributed by atoms with van der Waals surface area (Å²) in [4.78, 5) is 0. The molecule has 4 heteroatoms. The average Bonchev–Trinajstić information content (AvgIpc) is 2.07. The van der Waals surface area contributed by atoms with E-state index in [1.54, 1.807) is 31.4 Å². The third-order valence-electron chi connectivity index (χ3n) is 1.27. The highest BCUT2D eigenvalue weighted by atomic mass is 16.5. The Hall–Kier alpha value is -1.76. The second-order valence-electron chi connectivity index (χ2n) is 1.94. The van der Waals surface area contributed by atoms with E-state index in [-0.39, 0.29) is 0 Å². The van der Waals surface area contributed by atoms with Crippen LogP contribution in [0.1, 0.15) is 0 Å². The Morgan fingerprint density at radius 3 is 2.45 bits per heavy atom. The summed E-state index contributed by atoms with van der Waals surface area (Å²) in [5.41, 5.74) is 3.10. The largest absolute Gasteiger partial charge is 0.497 e. The van der Waals surface area contributed by atoms with Gasteiger partial charge in [0.1, 0.15) is 11.4 Å². The van der Waals surface area contributed by atoms with Gasteiger partial charge >= 0.3 is 5.08 Å². The van der Waals surface area contributed by atoms with Gasteiger partial charge in [0.25, 0.3) is 5.39 Å². The predicted octanol–water partition coefficient (Wildman–Crippen LogP) is 1.88. The fourth-order valence-electron chi connectivity index (χ4n) is 0.723. The van der Waals surface area contributed by atoms with Crippen LogP contribution in [-0.4, -0.2) is 7.11 Å². The zero-order valence-electron chi connectivity index (χ0n) is 6.11. The van der Waals surface area contributed by atoms with Gasteiger partial charge in [-0.05, 0) is 29.7 Å². The molecule has 11 heavy (non-hydrogen) atoms. The molecule has 0 saturated carbocycles. The van der Waals surface area contributed by atoms with Crippen molar-refractivity contribution in [3.63, 3.8) is 0 Å². The minimum absolute atomic E-state index is 0.716. The Morgan fingerprint density at radius 2 is 2.00 bits per heavy atom. The molecular weight excluding hydrogens is 142 g/mol. The minimum atomic E-state index is 0.716. The highest BCUT2D eigenvalue weighted by Gasteiger charge is 1.96. The van der Waals surface area contributed by atoms with Crippen molar-refractivity contribution in [2.75, 3.05) is 12.5 Å². The summed E-state index contributed by atoms with van der Waals surface area (Å²) in [7, 11) is 1.60. The van der Waals surface area contributed by atoms with E-state index in [0.717, 1.165) is 5.75 Å². The Morgan fingerprint density at radius 1 is 1.36 bits per heavy atom. The molecule has 0 aliphatic heterocycles. The van der Waals surface area contributed by atoms with E-state index in [1.807, 2.05) is 0 Å². The molecule has 56 valence electrons. The molecule has 4 nitrogen and oxygen atoms in total. The van der Waals surface area contributed by atoms with Gasteiger partial charge in [-0.2, -0.15) is 0 Å². The van der Waals surface area contributed by atoms with Gasteiger partial charge in [-0.3, -0.25) is 0 Å². The molecule has 0 saturated heterocycles. The Labute approximate surface area is 64.4 Å². The molecule has 0 radical (unpaired) electrons. The highest BCUT2D eigenvalue weighted by molar-refractivity contribution is 5.46. The number of anilines is 1. The molecule has 0 aliphatic carbocycles. The molecule has 0 aliphatic rings. The molecule has 0 heterocycles. The van der Waals surface area contributed by atoms with Gasteiger partial charge in [0, 0.05) is 0 Å². The number of benzene rings is 1. The number of nitrogens with one attached hydrogen (secondary N) is 1. The van der Waals surface area contributed by atoms with Crippen LogP contribution in [0.4, 0.5) is 5.69 Å². The van der Waals surface area contributed by atoms with Crippen LogP contribution in [0.5, 0.6) is 5.75 Å². The SMILES string of the molecule is COc1ccc(N[N+]#N)cc1. The van der Waals surface area contributed by atoms with Gasteiger partial charge in [0.05, 0.1) is 7.11 Å². The van der Waals surface area contributed by atoms with E-state index in [4.69, 9.17) is 10.1 Å². The maximum Gasteiger partial charge on any atom is 0.308 e. The number of methoxy groups -OCH3 is 1. The van der Waals surface area contributed by atoms with Crippen molar-refractivity contribution in [2.45, 2.75) is 0 Å². The summed E-state index contributed by atoms with van der Waals surface area (Å²) in [6.07, 6.45) is 0. The molecule has 0 spiro atoms. The van der Waals surface area contributed by atoms with E-state index in [2.05, 4.69) is 10.5 Å². The first-order valence-electron chi connectivity index (χ1n) is 3.11. The Kier molecular flexibility index (Phi) is 2.28. The quantitative estimate of drug-likeness (QED) is 0.517. The summed E-state index contributed by atoms with van der Waals surface area (Å²) >= 11 is 0. The number of ether oxygens (including phenoxy) is 1. The van der Waals surface area contributed by atoms with Crippen molar-refractivity contribution in [3.8, 4) is 5.75 Å². The summed E-state index contributed by atoms with van der Waals surface area (Å²) < 4.78 is 4.93. The normalized spacial score (nSPS) is 8.36. The molecule has 0 atom stereocenters. The summed E-state index contributed by atoms with van der Waals surface area (Å²) in [6, 6.07) is 7.04. The monoisotopic (exact) mass is 150 g/mol. The Balaban J connectivity index is 2.76. The first-order valence-corrected chi connectivity index (χ1v) is 3.11. The molecule has 1 N–H and O–H groups in total.